The van der Waals surface area contributed by atoms with Gasteiger partial charge in [-0.1, -0.05) is 36.7 Å². The summed E-state index contributed by atoms with van der Waals surface area (Å²) in [5.74, 6) is 2.87. The number of hydrogen-bond donors (Lipinski definition) is 0. The molecular weight excluding hydrogens is 254 g/mol. The van der Waals surface area contributed by atoms with E-state index in [0.29, 0.717) is 11.3 Å². The third kappa shape index (κ3) is 1.96. The van der Waals surface area contributed by atoms with Gasteiger partial charge in [-0.15, -0.1) is 10.2 Å². The van der Waals surface area contributed by atoms with Crippen LogP contribution in [0.2, 0.25) is 0 Å². The molecule has 0 aromatic carbocycles. The van der Waals surface area contributed by atoms with Crippen LogP contribution in [-0.2, 0) is 11.9 Å². The highest BCUT2D eigenvalue weighted by atomic mass is 79.9. The molecule has 0 N–H and O–H groups in total. The van der Waals surface area contributed by atoms with Crippen LogP contribution in [-0.4, -0.2) is 14.8 Å². The third-order valence-electron chi connectivity index (χ3n) is 3.25. The lowest BCUT2D eigenvalue weighted by atomic mass is 10.1. The molecule has 0 amide bonds. The van der Waals surface area contributed by atoms with Crippen molar-refractivity contribution in [3.8, 4) is 0 Å². The molecule has 1 aliphatic carbocycles. The lowest BCUT2D eigenvalue weighted by Crippen LogP contribution is -2.07. The summed E-state index contributed by atoms with van der Waals surface area (Å²) in [5, 5.41) is 9.39. The van der Waals surface area contributed by atoms with E-state index in [2.05, 4.69) is 51.5 Å². The summed E-state index contributed by atoms with van der Waals surface area (Å²) in [5.41, 5.74) is 0.433. The Kier molecular flexibility index (Phi) is 2.88. The molecular formula is C11H18BrN3. The minimum absolute atomic E-state index is 0.433. The van der Waals surface area contributed by atoms with Gasteiger partial charge in [0, 0.05) is 12.5 Å². The number of nitrogens with zero attached hydrogens (tertiary/aromatic N) is 3. The Morgan fingerprint density at radius 2 is 2.13 bits per heavy atom. The second kappa shape index (κ2) is 3.89. The number of alkyl halides is 1. The highest BCUT2D eigenvalue weighted by Crippen LogP contribution is 2.58. The van der Waals surface area contributed by atoms with Crippen LogP contribution in [0.5, 0.6) is 0 Å². The molecule has 1 saturated carbocycles. The summed E-state index contributed by atoms with van der Waals surface area (Å²) < 4.78 is 2.29. The second-order valence-corrected chi connectivity index (χ2v) is 5.57. The smallest absolute Gasteiger partial charge is 0.143 e. The minimum Gasteiger partial charge on any atom is -0.314 e. The van der Waals surface area contributed by atoms with E-state index in [0.717, 1.165) is 24.1 Å². The van der Waals surface area contributed by atoms with Crippen molar-refractivity contribution in [1.29, 1.82) is 0 Å². The SMILES string of the molecule is CCCn1c(CBr)nnc1C1CC1(C)C. The summed E-state index contributed by atoms with van der Waals surface area (Å²) in [7, 11) is 0. The Balaban J connectivity index is 2.27. The summed E-state index contributed by atoms with van der Waals surface area (Å²) in [6.45, 7) is 7.84. The van der Waals surface area contributed by atoms with Crippen LogP contribution >= 0.6 is 15.9 Å². The lowest BCUT2D eigenvalue weighted by Gasteiger charge is -2.08. The van der Waals surface area contributed by atoms with Gasteiger partial charge >= 0.3 is 0 Å². The van der Waals surface area contributed by atoms with Crippen LogP contribution in [0.3, 0.4) is 0 Å². The number of aromatic nitrogens is 3. The molecule has 4 heteroatoms. The molecule has 84 valence electrons. The van der Waals surface area contributed by atoms with Crippen LogP contribution in [0.4, 0.5) is 0 Å². The molecule has 0 aliphatic heterocycles. The zero-order valence-electron chi connectivity index (χ0n) is 9.63. The molecule has 0 saturated heterocycles. The van der Waals surface area contributed by atoms with Gasteiger partial charge in [0.2, 0.25) is 0 Å². The van der Waals surface area contributed by atoms with E-state index >= 15 is 0 Å². The number of halogens is 1. The van der Waals surface area contributed by atoms with E-state index in [4.69, 9.17) is 0 Å². The van der Waals surface area contributed by atoms with Crippen LogP contribution in [0.15, 0.2) is 0 Å². The minimum atomic E-state index is 0.433. The van der Waals surface area contributed by atoms with Gasteiger partial charge in [0.05, 0.1) is 5.33 Å². The molecule has 0 spiro atoms. The van der Waals surface area contributed by atoms with E-state index in [-0.39, 0.29) is 0 Å². The zero-order chi connectivity index (χ0) is 11.1. The predicted molar refractivity (Wildman–Crippen MR) is 64.1 cm³/mol. The first kappa shape index (κ1) is 11.1. The average molecular weight is 272 g/mol. The largest absolute Gasteiger partial charge is 0.314 e. The van der Waals surface area contributed by atoms with Gasteiger partial charge in [0.15, 0.2) is 0 Å². The second-order valence-electron chi connectivity index (χ2n) is 5.00. The number of hydrogen-bond acceptors (Lipinski definition) is 2. The van der Waals surface area contributed by atoms with E-state index in [1.54, 1.807) is 0 Å². The van der Waals surface area contributed by atoms with Crippen LogP contribution < -0.4 is 0 Å². The van der Waals surface area contributed by atoms with E-state index in [1.807, 2.05) is 0 Å². The fourth-order valence-electron chi connectivity index (χ4n) is 2.08. The van der Waals surface area contributed by atoms with E-state index < -0.39 is 0 Å². The van der Waals surface area contributed by atoms with Crippen LogP contribution in [0.1, 0.15) is 51.2 Å². The van der Waals surface area contributed by atoms with Crippen molar-refractivity contribution in [2.24, 2.45) is 5.41 Å². The molecule has 1 atom stereocenters. The van der Waals surface area contributed by atoms with Gasteiger partial charge in [-0.05, 0) is 18.3 Å². The summed E-state index contributed by atoms with van der Waals surface area (Å²) in [6, 6.07) is 0. The Labute approximate surface area is 99.4 Å². The van der Waals surface area contributed by atoms with E-state index in [9.17, 15) is 0 Å². The molecule has 1 fully saturated rings. The normalized spacial score (nSPS) is 23.1. The maximum absolute atomic E-state index is 4.35. The summed E-state index contributed by atoms with van der Waals surface area (Å²) >= 11 is 3.47. The quantitative estimate of drug-likeness (QED) is 0.788. The van der Waals surface area contributed by atoms with Gasteiger partial charge in [-0.3, -0.25) is 0 Å². The lowest BCUT2D eigenvalue weighted by molar-refractivity contribution is 0.566. The van der Waals surface area contributed by atoms with Crippen molar-refractivity contribution >= 4 is 15.9 Å². The summed E-state index contributed by atoms with van der Waals surface area (Å²) in [6.07, 6.45) is 2.38. The molecule has 0 bridgehead atoms. The first-order chi connectivity index (χ1) is 7.10. The van der Waals surface area contributed by atoms with Gasteiger partial charge in [0.1, 0.15) is 11.6 Å². The standard InChI is InChI=1S/C11H18BrN3/c1-4-5-15-9(7-12)13-14-10(15)8-6-11(8,2)3/h8H,4-7H2,1-3H3. The van der Waals surface area contributed by atoms with Crippen molar-refractivity contribution in [3.63, 3.8) is 0 Å². The average Bonchev–Trinajstić information content (AvgIpc) is 2.65. The van der Waals surface area contributed by atoms with Gasteiger partial charge in [0.25, 0.3) is 0 Å². The van der Waals surface area contributed by atoms with Crippen LogP contribution in [0, 0.1) is 5.41 Å². The van der Waals surface area contributed by atoms with Crippen LogP contribution in [0.25, 0.3) is 0 Å². The van der Waals surface area contributed by atoms with Crippen molar-refractivity contribution in [2.45, 2.75) is 51.4 Å². The molecule has 15 heavy (non-hydrogen) atoms. The fourth-order valence-corrected chi connectivity index (χ4v) is 2.50. The highest BCUT2D eigenvalue weighted by molar-refractivity contribution is 9.08. The Morgan fingerprint density at radius 3 is 2.60 bits per heavy atom. The number of rotatable bonds is 4. The third-order valence-corrected chi connectivity index (χ3v) is 3.75. The molecule has 0 radical (unpaired) electrons. The van der Waals surface area contributed by atoms with Crippen molar-refractivity contribution < 1.29 is 0 Å². The molecule has 1 heterocycles. The Bertz CT molecular complexity index is 357. The molecule has 1 unspecified atom stereocenters. The maximum Gasteiger partial charge on any atom is 0.143 e. The first-order valence-electron chi connectivity index (χ1n) is 5.58. The summed E-state index contributed by atoms with van der Waals surface area (Å²) in [4.78, 5) is 0. The maximum atomic E-state index is 4.35. The topological polar surface area (TPSA) is 30.7 Å². The molecule has 1 aromatic heterocycles. The van der Waals surface area contributed by atoms with Crippen molar-refractivity contribution in [1.82, 2.24) is 14.8 Å². The fraction of sp³-hybridized carbons (Fsp3) is 0.818. The van der Waals surface area contributed by atoms with Gasteiger partial charge in [-0.2, -0.15) is 0 Å². The monoisotopic (exact) mass is 271 g/mol. The first-order valence-corrected chi connectivity index (χ1v) is 6.70. The van der Waals surface area contributed by atoms with E-state index in [1.165, 1.54) is 12.2 Å². The van der Waals surface area contributed by atoms with Gasteiger partial charge in [-0.25, -0.2) is 0 Å². The Hall–Kier alpha value is -0.380. The highest BCUT2D eigenvalue weighted by Gasteiger charge is 2.49. The van der Waals surface area contributed by atoms with Crippen molar-refractivity contribution in [3.05, 3.63) is 11.6 Å². The molecule has 2 rings (SSSR count). The molecule has 1 aromatic rings. The molecule has 1 aliphatic rings. The van der Waals surface area contributed by atoms with Gasteiger partial charge < -0.3 is 4.57 Å². The zero-order valence-corrected chi connectivity index (χ0v) is 11.2. The van der Waals surface area contributed by atoms with Crippen molar-refractivity contribution in [2.75, 3.05) is 0 Å². The predicted octanol–water partition coefficient (Wildman–Crippen LogP) is 3.10. The molecule has 3 nitrogen and oxygen atoms in total. The Morgan fingerprint density at radius 1 is 1.47 bits per heavy atom.